The first-order valence-corrected chi connectivity index (χ1v) is 39.1. The van der Waals surface area contributed by atoms with Crippen molar-refractivity contribution >= 4 is 17.9 Å². The van der Waals surface area contributed by atoms with E-state index in [0.717, 1.165) is 70.6 Å². The van der Waals surface area contributed by atoms with Gasteiger partial charge in [0.25, 0.3) is 6.29 Å². The Labute approximate surface area is 564 Å². The van der Waals surface area contributed by atoms with Crippen LogP contribution in [0.3, 0.4) is 0 Å². The maximum Gasteiger partial charge on any atom is 0.361 e. The zero-order valence-electron chi connectivity index (χ0n) is 60.8. The standard InChI is InChI=1S/C82H149NO8/c1-6-8-10-12-14-16-18-20-22-24-26-28-30-32-34-36-38-39-40-41-43-44-46-48-50-52-54-56-58-60-62-64-66-68-70-72-79(84)89-76-78(77-90-82(81(86)87)88-75-74-83(3,4)5)91-80(85)73-71-69-67-65-63-61-59-57-55-53-51-49-47-45-42-37-35-33-31-29-27-25-23-21-19-17-15-13-11-9-7-2/h9,11,15,17-18,20-21,23-24,26-27,29,78,82H,6-8,10,12-14,16,19,22,25,28,30-77H2,1-5H3/p+1/b11-9-,17-15-,20-18-,23-21-,26-24-,29-27-. The van der Waals surface area contributed by atoms with Gasteiger partial charge in [0.15, 0.2) is 6.10 Å². The second-order valence-electron chi connectivity index (χ2n) is 27.6. The summed E-state index contributed by atoms with van der Waals surface area (Å²) < 4.78 is 23.1. The Morgan fingerprint density at radius 1 is 0.341 bits per heavy atom. The molecule has 0 spiro atoms. The third-order valence-corrected chi connectivity index (χ3v) is 17.4. The molecule has 0 aliphatic rings. The topological polar surface area (TPSA) is 108 Å². The number of likely N-dealkylation sites (N-methyl/N-ethyl adjacent to an activating group) is 1. The van der Waals surface area contributed by atoms with Gasteiger partial charge in [-0.1, -0.05) is 350 Å². The Hall–Kier alpha value is -3.27. The number of unbranched alkanes of at least 4 members (excludes halogenated alkanes) is 46. The number of rotatable bonds is 73. The van der Waals surface area contributed by atoms with Crippen LogP contribution in [-0.4, -0.2) is 87.4 Å². The fourth-order valence-electron chi connectivity index (χ4n) is 11.5. The molecule has 0 aliphatic heterocycles. The van der Waals surface area contributed by atoms with Crippen LogP contribution >= 0.6 is 0 Å². The highest BCUT2D eigenvalue weighted by atomic mass is 16.7. The Bertz CT molecular complexity index is 1730. The highest BCUT2D eigenvalue weighted by Gasteiger charge is 2.25. The molecule has 9 heteroatoms. The smallest absolute Gasteiger partial charge is 0.361 e. The third-order valence-electron chi connectivity index (χ3n) is 17.4. The van der Waals surface area contributed by atoms with Gasteiger partial charge in [0, 0.05) is 12.8 Å². The number of aliphatic carboxylic acids is 1. The van der Waals surface area contributed by atoms with E-state index in [1.807, 2.05) is 21.1 Å². The van der Waals surface area contributed by atoms with E-state index in [9.17, 15) is 19.5 Å². The van der Waals surface area contributed by atoms with Gasteiger partial charge in [-0.3, -0.25) is 9.59 Å². The van der Waals surface area contributed by atoms with Crippen molar-refractivity contribution in [2.45, 2.75) is 386 Å². The predicted molar refractivity (Wildman–Crippen MR) is 392 cm³/mol. The molecular weight excluding hydrogens is 1130 g/mol. The number of carboxylic acid groups (broad SMARTS) is 1. The van der Waals surface area contributed by atoms with Gasteiger partial charge in [-0.2, -0.15) is 0 Å². The fraction of sp³-hybridized carbons (Fsp3) is 0.817. The summed E-state index contributed by atoms with van der Waals surface area (Å²) in [5, 5.41) is 9.77. The van der Waals surface area contributed by atoms with Gasteiger partial charge in [-0.15, -0.1) is 0 Å². The van der Waals surface area contributed by atoms with Crippen LogP contribution in [0.2, 0.25) is 0 Å². The van der Waals surface area contributed by atoms with Gasteiger partial charge in [-0.05, 0) is 83.5 Å². The van der Waals surface area contributed by atoms with Gasteiger partial charge in [0.2, 0.25) is 0 Å². The quantitative estimate of drug-likeness (QED) is 0.0211. The number of hydrogen-bond acceptors (Lipinski definition) is 7. The maximum atomic E-state index is 13.0. The lowest BCUT2D eigenvalue weighted by atomic mass is 10.0. The molecule has 2 atom stereocenters. The summed E-state index contributed by atoms with van der Waals surface area (Å²) in [5.41, 5.74) is 0. The summed E-state index contributed by atoms with van der Waals surface area (Å²) in [4.78, 5) is 37.7. The number of carbonyl (C=O) groups is 3. The minimum absolute atomic E-state index is 0.178. The van der Waals surface area contributed by atoms with Crippen molar-refractivity contribution < 1.29 is 42.9 Å². The second-order valence-corrected chi connectivity index (χ2v) is 27.6. The van der Waals surface area contributed by atoms with Crippen molar-refractivity contribution in [3.05, 3.63) is 72.9 Å². The molecule has 0 aromatic carbocycles. The lowest BCUT2D eigenvalue weighted by Gasteiger charge is -2.25. The van der Waals surface area contributed by atoms with Crippen molar-refractivity contribution in [3.8, 4) is 0 Å². The molecule has 1 N–H and O–H groups in total. The number of ether oxygens (including phenoxy) is 4. The molecule has 0 heterocycles. The van der Waals surface area contributed by atoms with Crippen LogP contribution in [0.5, 0.6) is 0 Å². The Morgan fingerprint density at radius 2 is 0.626 bits per heavy atom. The minimum atomic E-state index is -1.51. The van der Waals surface area contributed by atoms with E-state index in [2.05, 4.69) is 86.8 Å². The highest BCUT2D eigenvalue weighted by Crippen LogP contribution is 2.19. The first-order valence-electron chi connectivity index (χ1n) is 39.1. The number of hydrogen-bond donors (Lipinski definition) is 1. The van der Waals surface area contributed by atoms with E-state index in [4.69, 9.17) is 18.9 Å². The number of allylic oxidation sites excluding steroid dienone is 12. The SMILES string of the molecule is CC/C=C\C/C=C\C/C=C\C/C=C\CCCCCCCCCCCCCCCCCCCCC(=O)OC(COC(=O)CCCCCCCCCCCCCCCCCCCCCCCCC/C=C\C/C=C\CCCCCCC)COC(OCC[N+](C)(C)C)C(=O)O. The number of carboxylic acids is 1. The largest absolute Gasteiger partial charge is 0.477 e. The molecule has 0 aromatic heterocycles. The summed E-state index contributed by atoms with van der Waals surface area (Å²) in [5.74, 6) is -1.98. The van der Waals surface area contributed by atoms with Crippen molar-refractivity contribution in [2.75, 3.05) is 47.5 Å². The van der Waals surface area contributed by atoms with Crippen LogP contribution in [0.15, 0.2) is 72.9 Å². The van der Waals surface area contributed by atoms with E-state index < -0.39 is 18.4 Å². The van der Waals surface area contributed by atoms with Crippen molar-refractivity contribution in [1.29, 1.82) is 0 Å². The molecule has 0 radical (unpaired) electrons. The van der Waals surface area contributed by atoms with Gasteiger partial charge >= 0.3 is 17.9 Å². The molecule has 2 unspecified atom stereocenters. The van der Waals surface area contributed by atoms with Crippen LogP contribution in [0.1, 0.15) is 373 Å². The average molecular weight is 1280 g/mol. The zero-order valence-corrected chi connectivity index (χ0v) is 60.8. The molecule has 0 aliphatic carbocycles. The molecule has 91 heavy (non-hydrogen) atoms. The minimum Gasteiger partial charge on any atom is -0.477 e. The molecule has 0 aromatic rings. The molecule has 0 bridgehead atoms. The Kier molecular flexibility index (Phi) is 69.9. The lowest BCUT2D eigenvalue weighted by molar-refractivity contribution is -0.870. The summed E-state index contributed by atoms with van der Waals surface area (Å²) in [7, 11) is 5.99. The van der Waals surface area contributed by atoms with Gasteiger partial charge < -0.3 is 28.5 Å². The van der Waals surface area contributed by atoms with E-state index >= 15 is 0 Å². The monoisotopic (exact) mass is 1280 g/mol. The summed E-state index contributed by atoms with van der Waals surface area (Å²) >= 11 is 0. The lowest BCUT2D eigenvalue weighted by Crippen LogP contribution is -2.40. The molecule has 0 fully saturated rings. The molecule has 9 nitrogen and oxygen atoms in total. The Morgan fingerprint density at radius 3 is 0.934 bits per heavy atom. The molecular formula is C82H150NO8+. The average Bonchev–Trinajstić information content (AvgIpc) is 3.65. The van der Waals surface area contributed by atoms with E-state index in [1.54, 1.807) is 0 Å². The second kappa shape index (κ2) is 72.6. The van der Waals surface area contributed by atoms with Crippen molar-refractivity contribution in [1.82, 2.24) is 0 Å². The number of esters is 2. The first-order chi connectivity index (χ1) is 44.6. The molecule has 0 rings (SSSR count). The van der Waals surface area contributed by atoms with Crippen LogP contribution < -0.4 is 0 Å². The molecule has 0 amide bonds. The van der Waals surface area contributed by atoms with E-state index in [-0.39, 0.29) is 38.2 Å². The van der Waals surface area contributed by atoms with Crippen LogP contribution in [0.25, 0.3) is 0 Å². The molecule has 0 saturated heterocycles. The number of nitrogens with zero attached hydrogens (tertiary/aromatic N) is 1. The van der Waals surface area contributed by atoms with Crippen molar-refractivity contribution in [3.63, 3.8) is 0 Å². The fourth-order valence-corrected chi connectivity index (χ4v) is 11.5. The number of quaternary nitrogens is 1. The van der Waals surface area contributed by atoms with E-state index in [0.29, 0.717) is 17.4 Å². The summed E-state index contributed by atoms with van der Waals surface area (Å²) in [6.07, 6.45) is 94.8. The number of carbonyl (C=O) groups excluding carboxylic acids is 2. The Balaban J connectivity index is 3.99. The summed E-state index contributed by atoms with van der Waals surface area (Å²) in [6.45, 7) is 4.81. The van der Waals surface area contributed by atoms with Gasteiger partial charge in [-0.25, -0.2) is 4.79 Å². The zero-order chi connectivity index (χ0) is 66.1. The maximum absolute atomic E-state index is 13.0. The van der Waals surface area contributed by atoms with Crippen LogP contribution in [0, 0.1) is 0 Å². The van der Waals surface area contributed by atoms with Gasteiger partial charge in [0.1, 0.15) is 13.2 Å². The normalized spacial score (nSPS) is 13.0. The van der Waals surface area contributed by atoms with Crippen LogP contribution in [0.4, 0.5) is 0 Å². The summed E-state index contributed by atoms with van der Waals surface area (Å²) in [6, 6.07) is 0. The molecule has 0 saturated carbocycles. The third kappa shape index (κ3) is 74.0. The first kappa shape index (κ1) is 87.7. The predicted octanol–water partition coefficient (Wildman–Crippen LogP) is 24.8. The van der Waals surface area contributed by atoms with Crippen molar-refractivity contribution in [2.24, 2.45) is 0 Å². The highest BCUT2D eigenvalue weighted by molar-refractivity contribution is 5.71. The van der Waals surface area contributed by atoms with Crippen LogP contribution in [-0.2, 0) is 33.3 Å². The van der Waals surface area contributed by atoms with Gasteiger partial charge in [0.05, 0.1) is 34.4 Å². The molecule has 530 valence electrons. The van der Waals surface area contributed by atoms with E-state index in [1.165, 1.54) is 276 Å².